The fourth-order valence-corrected chi connectivity index (χ4v) is 2.35. The van der Waals surface area contributed by atoms with E-state index in [2.05, 4.69) is 20.8 Å². The van der Waals surface area contributed by atoms with Gasteiger partial charge in [0, 0.05) is 26.1 Å². The first-order valence-electron chi connectivity index (χ1n) is 7.82. The summed E-state index contributed by atoms with van der Waals surface area (Å²) in [6, 6.07) is 0. The van der Waals surface area contributed by atoms with Gasteiger partial charge in [0.1, 0.15) is 0 Å². The largest absolute Gasteiger partial charge is 0.459 e. The molecular weight excluding hydrogens is 270 g/mol. The van der Waals surface area contributed by atoms with E-state index in [1.54, 1.807) is 4.90 Å². The predicted molar refractivity (Wildman–Crippen MR) is 79.4 cm³/mol. The van der Waals surface area contributed by atoms with E-state index in [0.29, 0.717) is 12.4 Å². The average Bonchev–Trinajstić information content (AvgIpc) is 3.26. The van der Waals surface area contributed by atoms with Crippen molar-refractivity contribution in [3.05, 3.63) is 11.8 Å². The van der Waals surface area contributed by atoms with Gasteiger partial charge in [-0.15, -0.1) is 0 Å². The van der Waals surface area contributed by atoms with Crippen LogP contribution in [0.15, 0.2) is 11.8 Å². The van der Waals surface area contributed by atoms with Crippen LogP contribution in [0.3, 0.4) is 0 Å². The summed E-state index contributed by atoms with van der Waals surface area (Å²) < 4.78 is 11.5. The number of hydrogen-bond donors (Lipinski definition) is 1. The van der Waals surface area contributed by atoms with E-state index in [-0.39, 0.29) is 30.1 Å². The number of carbonyl (C=O) groups excluding carboxylic acids is 1. The zero-order valence-electron chi connectivity index (χ0n) is 13.3. The molecule has 120 valence electrons. The maximum absolute atomic E-state index is 12.2. The Kier molecular flexibility index (Phi) is 5.27. The number of allylic oxidation sites excluding steroid dienone is 1. The van der Waals surface area contributed by atoms with Crippen LogP contribution in [-0.4, -0.2) is 48.5 Å². The average molecular weight is 297 g/mol. The van der Waals surface area contributed by atoms with Gasteiger partial charge in [-0.1, -0.05) is 20.8 Å². The third-order valence-corrected chi connectivity index (χ3v) is 3.97. The van der Waals surface area contributed by atoms with Crippen molar-refractivity contribution in [2.45, 2.75) is 46.3 Å². The van der Waals surface area contributed by atoms with Crippen LogP contribution in [0.2, 0.25) is 0 Å². The second kappa shape index (κ2) is 6.79. The van der Waals surface area contributed by atoms with Crippen LogP contribution in [0, 0.1) is 11.3 Å². The summed E-state index contributed by atoms with van der Waals surface area (Å²) in [4.78, 5) is 14.0. The Morgan fingerprint density at radius 1 is 1.43 bits per heavy atom. The summed E-state index contributed by atoms with van der Waals surface area (Å²) in [5.41, 5.74) is 0.0703. The zero-order valence-corrected chi connectivity index (χ0v) is 13.3. The Hall–Kier alpha value is -1.07. The van der Waals surface area contributed by atoms with Crippen molar-refractivity contribution in [2.75, 3.05) is 26.3 Å². The third-order valence-electron chi connectivity index (χ3n) is 3.97. The number of amides is 1. The van der Waals surface area contributed by atoms with E-state index in [4.69, 9.17) is 14.6 Å². The molecule has 0 aliphatic carbocycles. The molecule has 0 bridgehead atoms. The van der Waals surface area contributed by atoms with Gasteiger partial charge in [0.15, 0.2) is 5.76 Å². The molecule has 2 aliphatic heterocycles. The third kappa shape index (κ3) is 4.71. The minimum atomic E-state index is -0.364. The Labute approximate surface area is 126 Å². The molecule has 5 heteroatoms. The van der Waals surface area contributed by atoms with Crippen molar-refractivity contribution >= 4 is 5.91 Å². The summed E-state index contributed by atoms with van der Waals surface area (Å²) in [6.45, 7) is 8.88. The highest BCUT2D eigenvalue weighted by atomic mass is 16.7. The minimum Gasteiger partial charge on any atom is -0.459 e. The highest BCUT2D eigenvalue weighted by Gasteiger charge is 2.37. The van der Waals surface area contributed by atoms with E-state index in [9.17, 15) is 4.79 Å². The molecule has 0 radical (unpaired) electrons. The number of unbranched alkanes of at least 4 members (excludes halogenated alkanes) is 1. The highest BCUT2D eigenvalue weighted by molar-refractivity contribution is 5.93. The van der Waals surface area contributed by atoms with Gasteiger partial charge in [0.05, 0.1) is 6.61 Å². The standard InChI is InChI=1S/C16H27NO4/c1-16(2,3)12-10-13(15(19)17-6-7-17)21-14(11-12)20-9-5-4-8-18/h10,12,14,18H,4-9,11H2,1-3H3/t12-,14+/m1/s1. The Morgan fingerprint density at radius 3 is 2.71 bits per heavy atom. The number of aliphatic hydroxyl groups is 1. The molecule has 0 saturated carbocycles. The quantitative estimate of drug-likeness (QED) is 0.601. The summed E-state index contributed by atoms with van der Waals surface area (Å²) >= 11 is 0. The van der Waals surface area contributed by atoms with E-state index < -0.39 is 0 Å². The second-order valence-corrected chi connectivity index (χ2v) is 6.88. The number of aliphatic hydroxyl groups excluding tert-OH is 1. The van der Waals surface area contributed by atoms with Crippen LogP contribution < -0.4 is 0 Å². The van der Waals surface area contributed by atoms with Gasteiger partial charge in [-0.05, 0) is 30.3 Å². The normalized spacial score (nSPS) is 25.3. The molecular formula is C16H27NO4. The fourth-order valence-electron chi connectivity index (χ4n) is 2.35. The summed E-state index contributed by atoms with van der Waals surface area (Å²) in [5, 5.41) is 8.79. The molecule has 1 amide bonds. The number of ether oxygens (including phenoxy) is 2. The van der Waals surface area contributed by atoms with Crippen molar-refractivity contribution in [3.63, 3.8) is 0 Å². The SMILES string of the molecule is CC(C)(C)[C@@H]1C=C(C(=O)N2CC2)O[C@H](OCCCCO)C1. The molecule has 1 fully saturated rings. The Morgan fingerprint density at radius 2 is 2.14 bits per heavy atom. The van der Waals surface area contributed by atoms with Gasteiger partial charge in [-0.3, -0.25) is 4.79 Å². The summed E-state index contributed by atoms with van der Waals surface area (Å²) in [6.07, 6.45) is 3.89. The maximum Gasteiger partial charge on any atom is 0.288 e. The number of hydrogen-bond acceptors (Lipinski definition) is 4. The van der Waals surface area contributed by atoms with Gasteiger partial charge >= 0.3 is 0 Å². The van der Waals surface area contributed by atoms with Gasteiger partial charge in [0.25, 0.3) is 5.91 Å². The lowest BCUT2D eigenvalue weighted by Gasteiger charge is -2.36. The topological polar surface area (TPSA) is 58.8 Å². The van der Waals surface area contributed by atoms with Crippen LogP contribution in [-0.2, 0) is 14.3 Å². The minimum absolute atomic E-state index is 0.0205. The lowest BCUT2D eigenvalue weighted by Crippen LogP contribution is -2.34. The monoisotopic (exact) mass is 297 g/mol. The van der Waals surface area contributed by atoms with Crippen molar-refractivity contribution in [1.29, 1.82) is 0 Å². The summed E-state index contributed by atoms with van der Waals surface area (Å²) in [7, 11) is 0. The van der Waals surface area contributed by atoms with E-state index in [1.165, 1.54) is 0 Å². The van der Waals surface area contributed by atoms with E-state index in [1.807, 2.05) is 6.08 Å². The molecule has 2 atom stereocenters. The van der Waals surface area contributed by atoms with E-state index in [0.717, 1.165) is 32.4 Å². The van der Waals surface area contributed by atoms with Gasteiger partial charge < -0.3 is 19.5 Å². The fraction of sp³-hybridized carbons (Fsp3) is 0.812. The smallest absolute Gasteiger partial charge is 0.288 e. The Balaban J connectivity index is 1.98. The van der Waals surface area contributed by atoms with Crippen LogP contribution in [0.1, 0.15) is 40.0 Å². The molecule has 0 aromatic carbocycles. The van der Waals surface area contributed by atoms with Gasteiger partial charge in [0.2, 0.25) is 6.29 Å². The molecule has 21 heavy (non-hydrogen) atoms. The zero-order chi connectivity index (χ0) is 15.5. The summed E-state index contributed by atoms with van der Waals surface area (Å²) in [5.74, 6) is 0.673. The molecule has 2 rings (SSSR count). The lowest BCUT2D eigenvalue weighted by molar-refractivity contribution is -0.155. The van der Waals surface area contributed by atoms with Crippen molar-refractivity contribution in [1.82, 2.24) is 4.90 Å². The maximum atomic E-state index is 12.2. The number of rotatable bonds is 6. The van der Waals surface area contributed by atoms with Crippen molar-refractivity contribution in [2.24, 2.45) is 11.3 Å². The Bertz CT molecular complexity index is 396. The lowest BCUT2D eigenvalue weighted by atomic mass is 9.77. The van der Waals surface area contributed by atoms with Crippen molar-refractivity contribution in [3.8, 4) is 0 Å². The van der Waals surface area contributed by atoms with Crippen LogP contribution in [0.25, 0.3) is 0 Å². The number of nitrogens with zero attached hydrogens (tertiary/aromatic N) is 1. The van der Waals surface area contributed by atoms with Gasteiger partial charge in [-0.25, -0.2) is 0 Å². The van der Waals surface area contributed by atoms with Crippen LogP contribution >= 0.6 is 0 Å². The molecule has 0 aromatic rings. The van der Waals surface area contributed by atoms with Gasteiger partial charge in [-0.2, -0.15) is 0 Å². The van der Waals surface area contributed by atoms with E-state index >= 15 is 0 Å². The van der Waals surface area contributed by atoms with Crippen LogP contribution in [0.5, 0.6) is 0 Å². The molecule has 2 aliphatic rings. The first-order valence-corrected chi connectivity index (χ1v) is 7.82. The first kappa shape index (κ1) is 16.3. The molecule has 0 aromatic heterocycles. The number of carbonyl (C=O) groups is 1. The van der Waals surface area contributed by atoms with Crippen LogP contribution in [0.4, 0.5) is 0 Å². The molecule has 2 heterocycles. The molecule has 1 N–H and O–H groups in total. The molecule has 0 unspecified atom stereocenters. The second-order valence-electron chi connectivity index (χ2n) is 6.88. The molecule has 1 saturated heterocycles. The molecule has 5 nitrogen and oxygen atoms in total. The molecule has 0 spiro atoms. The first-order chi connectivity index (χ1) is 9.91. The predicted octanol–water partition coefficient (Wildman–Crippen LogP) is 1.91. The highest BCUT2D eigenvalue weighted by Crippen LogP contribution is 2.37. The van der Waals surface area contributed by atoms with Crippen molar-refractivity contribution < 1.29 is 19.4 Å².